The summed E-state index contributed by atoms with van der Waals surface area (Å²) >= 11 is 7.76. The molecule has 1 heterocycles. The molecule has 3 nitrogen and oxygen atoms in total. The maximum atomic E-state index is 13.6. The maximum Gasteiger partial charge on any atom is 0.266 e. The van der Waals surface area contributed by atoms with E-state index < -0.39 is 0 Å². The molecule has 1 aromatic heterocycles. The average molecular weight is 484 g/mol. The third-order valence-electron chi connectivity index (χ3n) is 5.57. The van der Waals surface area contributed by atoms with Gasteiger partial charge in [0.05, 0.1) is 10.6 Å². The monoisotopic (exact) mass is 483 g/mol. The molecular weight excluding hydrogens is 462 g/mol. The Bertz CT molecular complexity index is 1460. The number of ether oxygens (including phenoxy) is 1. The van der Waals surface area contributed by atoms with Gasteiger partial charge in [0.25, 0.3) is 5.91 Å². The molecule has 5 heteroatoms. The van der Waals surface area contributed by atoms with Gasteiger partial charge in [-0.1, -0.05) is 77.8 Å². The van der Waals surface area contributed by atoms with Crippen molar-refractivity contribution < 1.29 is 9.53 Å². The van der Waals surface area contributed by atoms with Gasteiger partial charge in [0, 0.05) is 9.72 Å². The van der Waals surface area contributed by atoms with Crippen LogP contribution >= 0.6 is 22.9 Å². The number of thiophene rings is 1. The lowest BCUT2D eigenvalue weighted by molar-refractivity contribution is 0.102. The summed E-state index contributed by atoms with van der Waals surface area (Å²) in [5, 5.41) is 4.67. The quantitative estimate of drug-likeness (QED) is 0.263. The number of para-hydroxylation sites is 1. The van der Waals surface area contributed by atoms with Crippen molar-refractivity contribution in [1.82, 2.24) is 0 Å². The van der Waals surface area contributed by atoms with Crippen molar-refractivity contribution >= 4 is 44.6 Å². The number of benzene rings is 4. The number of amides is 1. The van der Waals surface area contributed by atoms with Crippen molar-refractivity contribution in [3.8, 4) is 11.5 Å². The van der Waals surface area contributed by atoms with Gasteiger partial charge in [-0.3, -0.25) is 4.79 Å². The van der Waals surface area contributed by atoms with Gasteiger partial charge in [-0.2, -0.15) is 0 Å². The summed E-state index contributed by atoms with van der Waals surface area (Å²) in [6.45, 7) is 2.07. The first-order valence-corrected chi connectivity index (χ1v) is 12.2. The van der Waals surface area contributed by atoms with Crippen molar-refractivity contribution in [2.75, 3.05) is 5.32 Å². The van der Waals surface area contributed by atoms with Gasteiger partial charge < -0.3 is 10.1 Å². The molecule has 0 radical (unpaired) electrons. The van der Waals surface area contributed by atoms with Crippen LogP contribution in [0.3, 0.4) is 0 Å². The molecule has 0 unspecified atom stereocenters. The highest BCUT2D eigenvalue weighted by molar-refractivity contribution is 7.21. The van der Waals surface area contributed by atoms with Crippen LogP contribution in [0.25, 0.3) is 10.1 Å². The second-order valence-corrected chi connectivity index (χ2v) is 9.57. The average Bonchev–Trinajstić information content (AvgIpc) is 3.21. The Kier molecular flexibility index (Phi) is 6.35. The molecule has 0 atom stereocenters. The topological polar surface area (TPSA) is 38.3 Å². The van der Waals surface area contributed by atoms with Crippen molar-refractivity contribution in [2.45, 2.75) is 13.3 Å². The first-order chi connectivity index (χ1) is 16.6. The highest BCUT2D eigenvalue weighted by Crippen LogP contribution is 2.36. The van der Waals surface area contributed by atoms with E-state index in [2.05, 4.69) is 48.6 Å². The number of rotatable bonds is 6. The predicted molar refractivity (Wildman–Crippen MR) is 142 cm³/mol. The highest BCUT2D eigenvalue weighted by atomic mass is 35.5. The maximum absolute atomic E-state index is 13.6. The summed E-state index contributed by atoms with van der Waals surface area (Å²) < 4.78 is 7.11. The van der Waals surface area contributed by atoms with Gasteiger partial charge >= 0.3 is 0 Å². The Morgan fingerprint density at radius 3 is 2.44 bits per heavy atom. The number of nitrogens with one attached hydrogen (secondary N) is 1. The van der Waals surface area contributed by atoms with Crippen LogP contribution in [0.1, 0.15) is 26.4 Å². The second kappa shape index (κ2) is 9.72. The molecule has 0 fully saturated rings. The second-order valence-electron chi connectivity index (χ2n) is 8.08. The molecule has 0 saturated heterocycles. The van der Waals surface area contributed by atoms with Crippen LogP contribution in [0, 0.1) is 6.92 Å². The van der Waals surface area contributed by atoms with Gasteiger partial charge in [0.1, 0.15) is 5.75 Å². The van der Waals surface area contributed by atoms with E-state index in [0.717, 1.165) is 15.6 Å². The molecule has 0 aliphatic carbocycles. The fraction of sp³-hybridized carbons (Fsp3) is 0.0690. The zero-order valence-corrected chi connectivity index (χ0v) is 20.1. The molecule has 1 N–H and O–H groups in total. The predicted octanol–water partition coefficient (Wildman–Crippen LogP) is 8.50. The fourth-order valence-electron chi connectivity index (χ4n) is 3.85. The number of anilines is 1. The van der Waals surface area contributed by atoms with E-state index in [4.69, 9.17) is 16.3 Å². The molecule has 168 valence electrons. The van der Waals surface area contributed by atoms with E-state index in [1.54, 1.807) is 18.2 Å². The third kappa shape index (κ3) is 4.84. The smallest absolute Gasteiger partial charge is 0.266 e. The molecule has 4 aromatic carbocycles. The van der Waals surface area contributed by atoms with E-state index in [1.165, 1.54) is 22.5 Å². The highest BCUT2D eigenvalue weighted by Gasteiger charge is 2.20. The molecule has 0 aliphatic heterocycles. The number of fused-ring (bicyclic) bond motifs is 1. The molecule has 0 aliphatic rings. The minimum absolute atomic E-state index is 0.177. The van der Waals surface area contributed by atoms with Crippen LogP contribution in [0.5, 0.6) is 11.5 Å². The summed E-state index contributed by atoms with van der Waals surface area (Å²) in [6, 6.07) is 31.3. The molecule has 1 amide bonds. The van der Waals surface area contributed by atoms with E-state index in [-0.39, 0.29) is 5.91 Å². The largest absolute Gasteiger partial charge is 0.455 e. The van der Waals surface area contributed by atoms with Gasteiger partial charge in [0.2, 0.25) is 0 Å². The van der Waals surface area contributed by atoms with Crippen molar-refractivity contribution in [3.05, 3.63) is 124 Å². The number of aryl methyl sites for hydroxylation is 1. The zero-order valence-electron chi connectivity index (χ0n) is 18.5. The van der Waals surface area contributed by atoms with E-state index in [1.807, 2.05) is 42.5 Å². The zero-order chi connectivity index (χ0) is 23.5. The molecule has 34 heavy (non-hydrogen) atoms. The number of hydrogen-bond donors (Lipinski definition) is 1. The van der Waals surface area contributed by atoms with Crippen LogP contribution in [-0.2, 0) is 6.42 Å². The van der Waals surface area contributed by atoms with Crippen molar-refractivity contribution in [1.29, 1.82) is 0 Å². The summed E-state index contributed by atoms with van der Waals surface area (Å²) in [4.78, 5) is 14.3. The van der Waals surface area contributed by atoms with E-state index >= 15 is 0 Å². The SMILES string of the molecule is Cc1ccc(Cc2c(C(=O)Nc3cc(Cl)ccc3Oc3ccccc3)sc3ccccc23)cc1. The van der Waals surface area contributed by atoms with Crippen LogP contribution in [-0.4, -0.2) is 5.91 Å². The van der Waals surface area contributed by atoms with Crippen LogP contribution < -0.4 is 10.1 Å². The Hall–Kier alpha value is -3.60. The first-order valence-electron chi connectivity index (χ1n) is 11.0. The van der Waals surface area contributed by atoms with E-state index in [0.29, 0.717) is 33.5 Å². The fourth-order valence-corrected chi connectivity index (χ4v) is 5.14. The Morgan fingerprint density at radius 1 is 0.912 bits per heavy atom. The first kappa shape index (κ1) is 22.2. The Balaban J connectivity index is 1.50. The lowest BCUT2D eigenvalue weighted by Gasteiger charge is -2.13. The van der Waals surface area contributed by atoms with E-state index in [9.17, 15) is 4.79 Å². The summed E-state index contributed by atoms with van der Waals surface area (Å²) in [5.41, 5.74) is 3.93. The van der Waals surface area contributed by atoms with Gasteiger partial charge in [-0.25, -0.2) is 0 Å². The molecular formula is C29H22ClNO2S. The molecule has 0 saturated carbocycles. The lowest BCUT2D eigenvalue weighted by Crippen LogP contribution is -2.13. The Labute approximate surface area is 207 Å². The van der Waals surface area contributed by atoms with Crippen LogP contribution in [0.2, 0.25) is 5.02 Å². The van der Waals surface area contributed by atoms with Crippen molar-refractivity contribution in [3.63, 3.8) is 0 Å². The van der Waals surface area contributed by atoms with Crippen LogP contribution in [0.4, 0.5) is 5.69 Å². The summed E-state index contributed by atoms with van der Waals surface area (Å²) in [7, 11) is 0. The Morgan fingerprint density at radius 2 is 1.65 bits per heavy atom. The van der Waals surface area contributed by atoms with Gasteiger partial charge in [0.15, 0.2) is 5.75 Å². The van der Waals surface area contributed by atoms with Crippen LogP contribution in [0.15, 0.2) is 97.1 Å². The van der Waals surface area contributed by atoms with Gasteiger partial charge in [-0.15, -0.1) is 11.3 Å². The lowest BCUT2D eigenvalue weighted by atomic mass is 10.0. The standard InChI is InChI=1S/C29H22ClNO2S/c1-19-11-13-20(14-12-19)17-24-23-9-5-6-10-27(23)34-28(24)29(32)31-25-18-21(30)15-16-26(25)33-22-7-3-2-4-8-22/h2-16,18H,17H2,1H3,(H,31,32). The third-order valence-corrected chi connectivity index (χ3v) is 7.01. The number of carbonyl (C=O) groups is 1. The molecule has 5 aromatic rings. The molecule has 5 rings (SSSR count). The number of carbonyl (C=O) groups excluding carboxylic acids is 1. The van der Waals surface area contributed by atoms with Gasteiger partial charge in [-0.05, 0) is 66.3 Å². The number of hydrogen-bond acceptors (Lipinski definition) is 3. The minimum Gasteiger partial charge on any atom is -0.455 e. The molecule has 0 bridgehead atoms. The summed E-state index contributed by atoms with van der Waals surface area (Å²) in [5.74, 6) is 1.04. The minimum atomic E-state index is -0.177. The number of halogens is 1. The summed E-state index contributed by atoms with van der Waals surface area (Å²) in [6.07, 6.45) is 0.677. The molecule has 0 spiro atoms. The van der Waals surface area contributed by atoms with Crippen molar-refractivity contribution in [2.24, 2.45) is 0 Å². The normalized spacial score (nSPS) is 10.9.